The number of ether oxygens (including phenoxy) is 2. The van der Waals surface area contributed by atoms with Crippen LogP contribution in [0.15, 0.2) is 0 Å². The molecule has 0 bridgehead atoms. The van der Waals surface area contributed by atoms with Crippen LogP contribution in [0.1, 0.15) is 20.3 Å². The zero-order valence-corrected chi connectivity index (χ0v) is 10.6. The van der Waals surface area contributed by atoms with Crippen LogP contribution in [0.3, 0.4) is 0 Å². The standard InChI is InChI=1S/C12H23NO4/c1-9(2)8-16-3-4-17-11-5-10(12(14)15)6-13-7-11/h9-11,13H,3-8H2,1-2H3,(H,14,15). The highest BCUT2D eigenvalue weighted by Crippen LogP contribution is 2.13. The Morgan fingerprint density at radius 1 is 1.41 bits per heavy atom. The number of aliphatic carboxylic acids is 1. The van der Waals surface area contributed by atoms with Gasteiger partial charge in [0.25, 0.3) is 0 Å². The Hall–Kier alpha value is -0.650. The molecule has 0 radical (unpaired) electrons. The van der Waals surface area contributed by atoms with Crippen molar-refractivity contribution in [2.75, 3.05) is 32.9 Å². The van der Waals surface area contributed by atoms with Gasteiger partial charge in [0.15, 0.2) is 0 Å². The van der Waals surface area contributed by atoms with E-state index in [1.807, 2.05) is 0 Å². The van der Waals surface area contributed by atoms with Crippen LogP contribution in [-0.4, -0.2) is 50.1 Å². The monoisotopic (exact) mass is 245 g/mol. The van der Waals surface area contributed by atoms with Crippen LogP contribution in [0.5, 0.6) is 0 Å². The van der Waals surface area contributed by atoms with E-state index in [1.54, 1.807) is 0 Å². The second kappa shape index (κ2) is 7.63. The number of carboxylic acid groups (broad SMARTS) is 1. The smallest absolute Gasteiger partial charge is 0.307 e. The van der Waals surface area contributed by atoms with Gasteiger partial charge in [0.2, 0.25) is 0 Å². The summed E-state index contributed by atoms with van der Waals surface area (Å²) in [6.07, 6.45) is 0.583. The van der Waals surface area contributed by atoms with Gasteiger partial charge in [0.05, 0.1) is 25.2 Å². The third-order valence-electron chi connectivity index (χ3n) is 2.69. The molecule has 0 saturated carbocycles. The van der Waals surface area contributed by atoms with E-state index in [2.05, 4.69) is 19.2 Å². The fourth-order valence-corrected chi connectivity index (χ4v) is 1.81. The third-order valence-corrected chi connectivity index (χ3v) is 2.69. The van der Waals surface area contributed by atoms with Crippen LogP contribution in [0.2, 0.25) is 0 Å². The molecule has 0 aromatic heterocycles. The van der Waals surface area contributed by atoms with Crippen molar-refractivity contribution in [3.63, 3.8) is 0 Å². The van der Waals surface area contributed by atoms with Crippen molar-refractivity contribution in [2.45, 2.75) is 26.4 Å². The first kappa shape index (κ1) is 14.4. The molecule has 0 aromatic carbocycles. The summed E-state index contributed by atoms with van der Waals surface area (Å²) in [5.74, 6) is -0.546. The molecule has 2 unspecified atom stereocenters. The molecule has 0 amide bonds. The molecule has 1 heterocycles. The van der Waals surface area contributed by atoms with Crippen molar-refractivity contribution in [3.05, 3.63) is 0 Å². The average molecular weight is 245 g/mol. The van der Waals surface area contributed by atoms with Crippen molar-refractivity contribution in [1.29, 1.82) is 0 Å². The van der Waals surface area contributed by atoms with E-state index in [9.17, 15) is 4.79 Å². The number of hydrogen-bond donors (Lipinski definition) is 2. The minimum atomic E-state index is -0.748. The van der Waals surface area contributed by atoms with Crippen molar-refractivity contribution < 1.29 is 19.4 Å². The number of carboxylic acids is 1. The zero-order valence-electron chi connectivity index (χ0n) is 10.6. The van der Waals surface area contributed by atoms with E-state index in [0.717, 1.165) is 13.2 Å². The van der Waals surface area contributed by atoms with Gasteiger partial charge in [0.1, 0.15) is 0 Å². The van der Waals surface area contributed by atoms with Crippen LogP contribution >= 0.6 is 0 Å². The Morgan fingerprint density at radius 3 is 2.82 bits per heavy atom. The molecule has 1 saturated heterocycles. The largest absolute Gasteiger partial charge is 0.481 e. The molecule has 17 heavy (non-hydrogen) atoms. The fourth-order valence-electron chi connectivity index (χ4n) is 1.81. The minimum Gasteiger partial charge on any atom is -0.481 e. The number of nitrogens with one attached hydrogen (secondary N) is 1. The zero-order chi connectivity index (χ0) is 12.7. The van der Waals surface area contributed by atoms with Gasteiger partial charge in [-0.1, -0.05) is 13.8 Å². The van der Waals surface area contributed by atoms with Gasteiger partial charge < -0.3 is 19.9 Å². The Kier molecular flexibility index (Phi) is 6.47. The Morgan fingerprint density at radius 2 is 2.18 bits per heavy atom. The Bertz CT molecular complexity index is 233. The maximum Gasteiger partial charge on any atom is 0.307 e. The molecular formula is C12H23NO4. The van der Waals surface area contributed by atoms with E-state index in [4.69, 9.17) is 14.6 Å². The minimum absolute atomic E-state index is 0.00694. The number of hydrogen-bond acceptors (Lipinski definition) is 4. The van der Waals surface area contributed by atoms with Gasteiger partial charge in [-0.3, -0.25) is 4.79 Å². The van der Waals surface area contributed by atoms with Gasteiger partial charge in [-0.2, -0.15) is 0 Å². The Balaban J connectivity index is 2.08. The van der Waals surface area contributed by atoms with Crippen LogP contribution < -0.4 is 5.32 Å². The summed E-state index contributed by atoms with van der Waals surface area (Å²) in [5, 5.41) is 12.0. The molecule has 0 spiro atoms. The van der Waals surface area contributed by atoms with Crippen molar-refractivity contribution in [3.8, 4) is 0 Å². The second-order valence-electron chi connectivity index (χ2n) is 4.89. The molecule has 1 fully saturated rings. The van der Waals surface area contributed by atoms with Gasteiger partial charge >= 0.3 is 5.97 Å². The quantitative estimate of drug-likeness (QED) is 0.647. The topological polar surface area (TPSA) is 67.8 Å². The number of carbonyl (C=O) groups is 1. The summed E-state index contributed by atoms with van der Waals surface area (Å²) in [5.41, 5.74) is 0. The van der Waals surface area contributed by atoms with E-state index in [-0.39, 0.29) is 12.0 Å². The highest BCUT2D eigenvalue weighted by molar-refractivity contribution is 5.70. The molecule has 1 aliphatic heterocycles. The maximum atomic E-state index is 10.8. The van der Waals surface area contributed by atoms with Crippen LogP contribution in [0.4, 0.5) is 0 Å². The molecule has 0 aromatic rings. The second-order valence-corrected chi connectivity index (χ2v) is 4.89. The van der Waals surface area contributed by atoms with Crippen molar-refractivity contribution in [2.24, 2.45) is 11.8 Å². The first-order valence-corrected chi connectivity index (χ1v) is 6.22. The summed E-state index contributed by atoms with van der Waals surface area (Å²) in [7, 11) is 0. The summed E-state index contributed by atoms with van der Waals surface area (Å²) in [6, 6.07) is 0. The van der Waals surface area contributed by atoms with E-state index in [0.29, 0.717) is 32.1 Å². The summed E-state index contributed by atoms with van der Waals surface area (Å²) >= 11 is 0. The van der Waals surface area contributed by atoms with E-state index in [1.165, 1.54) is 0 Å². The fraction of sp³-hybridized carbons (Fsp3) is 0.917. The molecule has 2 atom stereocenters. The molecule has 1 rings (SSSR count). The molecule has 2 N–H and O–H groups in total. The van der Waals surface area contributed by atoms with Crippen molar-refractivity contribution in [1.82, 2.24) is 5.32 Å². The maximum absolute atomic E-state index is 10.8. The lowest BCUT2D eigenvalue weighted by Gasteiger charge is -2.27. The van der Waals surface area contributed by atoms with Gasteiger partial charge in [-0.25, -0.2) is 0 Å². The predicted molar refractivity (Wildman–Crippen MR) is 64.0 cm³/mol. The first-order valence-electron chi connectivity index (χ1n) is 6.22. The summed E-state index contributed by atoms with van der Waals surface area (Å²) in [6.45, 7) is 7.32. The highest BCUT2D eigenvalue weighted by Gasteiger charge is 2.26. The van der Waals surface area contributed by atoms with Crippen LogP contribution in [0, 0.1) is 11.8 Å². The van der Waals surface area contributed by atoms with Crippen molar-refractivity contribution >= 4 is 5.97 Å². The van der Waals surface area contributed by atoms with Crippen LogP contribution in [-0.2, 0) is 14.3 Å². The number of rotatable bonds is 7. The highest BCUT2D eigenvalue weighted by atomic mass is 16.5. The van der Waals surface area contributed by atoms with Gasteiger partial charge in [-0.05, 0) is 12.3 Å². The summed E-state index contributed by atoms with van der Waals surface area (Å²) < 4.78 is 11.0. The molecule has 1 aliphatic rings. The normalized spacial score (nSPS) is 25.1. The van der Waals surface area contributed by atoms with Crippen LogP contribution in [0.25, 0.3) is 0 Å². The van der Waals surface area contributed by atoms with Gasteiger partial charge in [-0.15, -0.1) is 0 Å². The predicted octanol–water partition coefficient (Wildman–Crippen LogP) is 0.738. The number of piperidine rings is 1. The Labute approximate surface area is 102 Å². The molecular weight excluding hydrogens is 222 g/mol. The molecule has 5 heteroatoms. The SMILES string of the molecule is CC(C)COCCOC1CNCC(C(=O)O)C1. The lowest BCUT2D eigenvalue weighted by atomic mass is 9.98. The third kappa shape index (κ3) is 6.00. The van der Waals surface area contributed by atoms with E-state index < -0.39 is 5.97 Å². The lowest BCUT2D eigenvalue weighted by molar-refractivity contribution is -0.144. The lowest BCUT2D eigenvalue weighted by Crippen LogP contribution is -2.43. The first-order chi connectivity index (χ1) is 8.09. The molecule has 100 valence electrons. The average Bonchev–Trinajstić information content (AvgIpc) is 2.28. The van der Waals surface area contributed by atoms with E-state index >= 15 is 0 Å². The molecule has 5 nitrogen and oxygen atoms in total. The van der Waals surface area contributed by atoms with Gasteiger partial charge in [0, 0.05) is 19.7 Å². The molecule has 0 aliphatic carbocycles. The summed E-state index contributed by atoms with van der Waals surface area (Å²) in [4.78, 5) is 10.8.